The van der Waals surface area contributed by atoms with Crippen LogP contribution >= 0.6 is 0 Å². The lowest BCUT2D eigenvalue weighted by Crippen LogP contribution is -2.30. The van der Waals surface area contributed by atoms with Crippen LogP contribution in [0.5, 0.6) is 0 Å². The third-order valence-electron chi connectivity index (χ3n) is 6.94. The molecule has 41 heavy (non-hydrogen) atoms. The van der Waals surface area contributed by atoms with Crippen molar-refractivity contribution in [1.29, 1.82) is 0 Å². The van der Waals surface area contributed by atoms with Crippen molar-refractivity contribution in [2.45, 2.75) is 11.4 Å². The Balaban J connectivity index is 1.39. The molecule has 0 aliphatic rings. The lowest BCUT2D eigenvalue weighted by atomic mass is 10.0. The second-order valence-electron chi connectivity index (χ2n) is 9.60. The van der Waals surface area contributed by atoms with Gasteiger partial charge in [0.05, 0.1) is 17.1 Å². The van der Waals surface area contributed by atoms with Crippen LogP contribution in [0.4, 0.5) is 5.69 Å². The predicted molar refractivity (Wildman–Crippen MR) is 160 cm³/mol. The number of carboxylic acid groups (broad SMARTS) is 1. The van der Waals surface area contributed by atoms with Crippen LogP contribution in [0.2, 0.25) is 0 Å². The molecule has 6 nitrogen and oxygen atoms in total. The van der Waals surface area contributed by atoms with E-state index in [0.717, 1.165) is 27.8 Å². The van der Waals surface area contributed by atoms with Gasteiger partial charge in [0.15, 0.2) is 0 Å². The van der Waals surface area contributed by atoms with E-state index in [4.69, 9.17) is 4.42 Å². The second kappa shape index (κ2) is 10.8. The first-order valence-corrected chi connectivity index (χ1v) is 14.4. The minimum absolute atomic E-state index is 0.0764. The van der Waals surface area contributed by atoms with Crippen LogP contribution in [0.25, 0.3) is 33.2 Å². The summed E-state index contributed by atoms with van der Waals surface area (Å²) < 4.78 is 35.0. The van der Waals surface area contributed by atoms with Crippen molar-refractivity contribution in [1.82, 2.24) is 0 Å². The molecule has 0 fully saturated rings. The molecule has 0 saturated carbocycles. The van der Waals surface area contributed by atoms with Gasteiger partial charge in [-0.15, -0.1) is 0 Å². The number of hydrogen-bond donors (Lipinski definition) is 1. The van der Waals surface area contributed by atoms with Crippen LogP contribution in [0.15, 0.2) is 143 Å². The van der Waals surface area contributed by atoms with Gasteiger partial charge in [-0.3, -0.25) is 4.31 Å². The van der Waals surface area contributed by atoms with Crippen LogP contribution in [0.3, 0.4) is 0 Å². The van der Waals surface area contributed by atoms with Gasteiger partial charge in [-0.25, -0.2) is 13.2 Å². The van der Waals surface area contributed by atoms with Crippen molar-refractivity contribution >= 4 is 32.6 Å². The Morgan fingerprint density at radius 2 is 1.20 bits per heavy atom. The molecule has 0 spiro atoms. The monoisotopic (exact) mass is 559 g/mol. The summed E-state index contributed by atoms with van der Waals surface area (Å²) in [4.78, 5) is 11.6. The molecule has 0 aliphatic heterocycles. The molecule has 6 rings (SSSR count). The first-order valence-electron chi connectivity index (χ1n) is 13.0. The number of carbonyl (C=O) groups is 1. The van der Waals surface area contributed by atoms with E-state index in [0.29, 0.717) is 16.7 Å². The summed E-state index contributed by atoms with van der Waals surface area (Å²) >= 11 is 0. The Labute approximate surface area is 237 Å². The van der Waals surface area contributed by atoms with Crippen LogP contribution in [0.1, 0.15) is 16.1 Å². The molecular formula is C34H25NO5S. The summed E-state index contributed by atoms with van der Waals surface area (Å²) in [5.74, 6) is -1.40. The quantitative estimate of drug-likeness (QED) is 0.205. The first-order chi connectivity index (χ1) is 19.9. The molecule has 0 atom stereocenters. The van der Waals surface area contributed by atoms with Gasteiger partial charge >= 0.3 is 5.97 Å². The van der Waals surface area contributed by atoms with Gasteiger partial charge < -0.3 is 9.52 Å². The predicted octanol–water partition coefficient (Wildman–Crippen LogP) is 7.86. The van der Waals surface area contributed by atoms with E-state index in [-0.39, 0.29) is 17.2 Å². The molecule has 1 N–H and O–H groups in total. The Hall–Kier alpha value is -5.14. The average Bonchev–Trinajstić information content (AvgIpc) is 3.45. The lowest BCUT2D eigenvalue weighted by Gasteiger charge is -2.25. The molecular weight excluding hydrogens is 534 g/mol. The maximum Gasteiger partial charge on any atom is 0.371 e. The number of carboxylic acids is 1. The second-order valence-corrected chi connectivity index (χ2v) is 11.5. The molecule has 202 valence electrons. The highest BCUT2D eigenvalue weighted by Gasteiger charge is 2.26. The van der Waals surface area contributed by atoms with Gasteiger partial charge in [0, 0.05) is 5.39 Å². The number of aromatic carboxylic acids is 1. The molecule has 1 aromatic heterocycles. The highest BCUT2D eigenvalue weighted by atomic mass is 32.2. The zero-order chi connectivity index (χ0) is 28.4. The van der Waals surface area contributed by atoms with Crippen molar-refractivity contribution in [2.24, 2.45) is 0 Å². The van der Waals surface area contributed by atoms with Crippen LogP contribution < -0.4 is 4.31 Å². The lowest BCUT2D eigenvalue weighted by molar-refractivity contribution is 0.0665. The Morgan fingerprint density at radius 1 is 0.659 bits per heavy atom. The van der Waals surface area contributed by atoms with Crippen molar-refractivity contribution in [2.75, 3.05) is 4.31 Å². The molecule has 5 aromatic carbocycles. The van der Waals surface area contributed by atoms with Crippen LogP contribution in [0, 0.1) is 0 Å². The molecule has 0 saturated heterocycles. The van der Waals surface area contributed by atoms with Gasteiger partial charge in [0.2, 0.25) is 5.76 Å². The molecule has 1 heterocycles. The van der Waals surface area contributed by atoms with Crippen molar-refractivity contribution in [3.05, 3.63) is 145 Å². The van der Waals surface area contributed by atoms with E-state index in [1.165, 1.54) is 10.4 Å². The molecule has 0 aliphatic carbocycles. The van der Waals surface area contributed by atoms with E-state index >= 15 is 0 Å². The maximum atomic E-state index is 14.1. The van der Waals surface area contributed by atoms with E-state index in [1.807, 2.05) is 84.9 Å². The van der Waals surface area contributed by atoms with Crippen LogP contribution in [-0.2, 0) is 16.6 Å². The number of anilines is 1. The van der Waals surface area contributed by atoms with E-state index in [1.54, 1.807) is 42.5 Å². The van der Waals surface area contributed by atoms with Crippen molar-refractivity contribution in [3.8, 4) is 22.3 Å². The van der Waals surface area contributed by atoms with Gasteiger partial charge in [-0.2, -0.15) is 0 Å². The number of sulfonamides is 1. The number of fused-ring (bicyclic) bond motifs is 1. The zero-order valence-corrected chi connectivity index (χ0v) is 22.7. The smallest absolute Gasteiger partial charge is 0.371 e. The third kappa shape index (κ3) is 5.35. The van der Waals surface area contributed by atoms with Crippen molar-refractivity contribution in [3.63, 3.8) is 0 Å². The standard InChI is InChI=1S/C34H25NO5S/c36-34(37)33-22-29-21-30(17-20-32(29)40-33)35(23-24-11-13-27(14-12-24)25-7-3-1-4-8-25)41(38,39)31-18-15-28(16-19-31)26-9-5-2-6-10-26/h1-22H,23H2,(H,36,37). The maximum absolute atomic E-state index is 14.1. The molecule has 6 aromatic rings. The number of benzene rings is 5. The summed E-state index contributed by atoms with van der Waals surface area (Å²) in [6, 6.07) is 40.6. The third-order valence-corrected chi connectivity index (χ3v) is 8.72. The highest BCUT2D eigenvalue weighted by Crippen LogP contribution is 2.32. The fraction of sp³-hybridized carbons (Fsp3) is 0.0294. The number of hydrogen-bond acceptors (Lipinski definition) is 4. The van der Waals surface area contributed by atoms with Gasteiger partial charge in [-0.1, -0.05) is 97.1 Å². The molecule has 0 unspecified atom stereocenters. The largest absolute Gasteiger partial charge is 0.475 e. The van der Waals surface area contributed by atoms with E-state index in [2.05, 4.69) is 0 Å². The topological polar surface area (TPSA) is 87.8 Å². The average molecular weight is 560 g/mol. The minimum Gasteiger partial charge on any atom is -0.475 e. The Morgan fingerprint density at radius 3 is 1.76 bits per heavy atom. The van der Waals surface area contributed by atoms with Gasteiger partial charge in [0.25, 0.3) is 10.0 Å². The Bertz CT molecular complexity index is 1930. The van der Waals surface area contributed by atoms with Gasteiger partial charge in [-0.05, 0) is 64.2 Å². The zero-order valence-electron chi connectivity index (χ0n) is 21.8. The number of furan rings is 1. The molecule has 0 bridgehead atoms. The molecule has 0 radical (unpaired) electrons. The summed E-state index contributed by atoms with van der Waals surface area (Å²) in [5, 5.41) is 9.85. The molecule has 7 heteroatoms. The number of nitrogens with zero attached hydrogens (tertiary/aromatic N) is 1. The normalized spacial score (nSPS) is 11.4. The summed E-state index contributed by atoms with van der Waals surface area (Å²) in [5.41, 5.74) is 5.56. The highest BCUT2D eigenvalue weighted by molar-refractivity contribution is 7.92. The first kappa shape index (κ1) is 26.1. The fourth-order valence-electron chi connectivity index (χ4n) is 4.78. The van der Waals surface area contributed by atoms with Crippen molar-refractivity contribution < 1.29 is 22.7 Å². The van der Waals surface area contributed by atoms with E-state index in [9.17, 15) is 18.3 Å². The summed E-state index contributed by atoms with van der Waals surface area (Å²) in [6.07, 6.45) is 0. The van der Waals surface area contributed by atoms with Gasteiger partial charge in [0.1, 0.15) is 5.58 Å². The SMILES string of the molecule is O=C(O)c1cc2cc(N(Cc3ccc(-c4ccccc4)cc3)S(=O)(=O)c3ccc(-c4ccccc4)cc3)ccc2o1. The summed E-state index contributed by atoms with van der Waals surface area (Å²) in [7, 11) is -4.01. The molecule has 0 amide bonds. The summed E-state index contributed by atoms with van der Waals surface area (Å²) in [6.45, 7) is 0.0764. The fourth-order valence-corrected chi connectivity index (χ4v) is 6.23. The van der Waals surface area contributed by atoms with Crippen LogP contribution in [-0.4, -0.2) is 19.5 Å². The Kier molecular flexibility index (Phi) is 6.87. The minimum atomic E-state index is -4.01. The van der Waals surface area contributed by atoms with E-state index < -0.39 is 16.0 Å². The number of rotatable bonds is 8.